The summed E-state index contributed by atoms with van der Waals surface area (Å²) in [5.74, 6) is 0.418. The highest BCUT2D eigenvalue weighted by Gasteiger charge is 2.26. The van der Waals surface area contributed by atoms with E-state index < -0.39 is 0 Å². The number of amides is 2. The number of aliphatic hydroxyl groups is 1. The third-order valence-corrected chi connectivity index (χ3v) is 4.77. The van der Waals surface area contributed by atoms with Crippen LogP contribution in [0.5, 0.6) is 0 Å². The van der Waals surface area contributed by atoms with Gasteiger partial charge >= 0.3 is 6.03 Å². The van der Waals surface area contributed by atoms with Crippen LogP contribution in [0.3, 0.4) is 0 Å². The van der Waals surface area contributed by atoms with E-state index in [0.29, 0.717) is 18.9 Å². The van der Waals surface area contributed by atoms with Crippen LogP contribution in [0.25, 0.3) is 0 Å². The van der Waals surface area contributed by atoms with Crippen LogP contribution in [0.2, 0.25) is 0 Å². The standard InChI is InChI=1S/C15H25N3O2S/c1-11(2)13-10-21-14(17-13)9-16-15(20)18-7-4-3-5-12(18)6-8-19/h10-12,19H,3-9H2,1-2H3,(H,16,20)/t12-/m1/s1. The lowest BCUT2D eigenvalue weighted by Crippen LogP contribution is -2.48. The zero-order valence-electron chi connectivity index (χ0n) is 12.8. The van der Waals surface area contributed by atoms with Crippen molar-refractivity contribution in [3.05, 3.63) is 16.1 Å². The monoisotopic (exact) mass is 311 g/mol. The highest BCUT2D eigenvalue weighted by molar-refractivity contribution is 7.09. The number of aromatic nitrogens is 1. The first-order chi connectivity index (χ1) is 10.1. The van der Waals surface area contributed by atoms with Gasteiger partial charge < -0.3 is 15.3 Å². The summed E-state index contributed by atoms with van der Waals surface area (Å²) in [6.07, 6.45) is 3.84. The molecule has 0 bridgehead atoms. The molecule has 118 valence electrons. The van der Waals surface area contributed by atoms with Crippen molar-refractivity contribution in [3.63, 3.8) is 0 Å². The quantitative estimate of drug-likeness (QED) is 0.878. The summed E-state index contributed by atoms with van der Waals surface area (Å²) in [6, 6.07) is 0.140. The minimum atomic E-state index is -0.0329. The molecule has 2 amide bonds. The van der Waals surface area contributed by atoms with Crippen LogP contribution in [0.1, 0.15) is 56.2 Å². The van der Waals surface area contributed by atoms with Gasteiger partial charge in [0.05, 0.1) is 12.2 Å². The number of urea groups is 1. The first-order valence-corrected chi connectivity index (χ1v) is 8.59. The Kier molecular flexibility index (Phi) is 5.99. The van der Waals surface area contributed by atoms with Gasteiger partial charge in [-0.05, 0) is 31.6 Å². The topological polar surface area (TPSA) is 65.5 Å². The number of nitrogens with zero attached hydrogens (tertiary/aromatic N) is 2. The highest BCUT2D eigenvalue weighted by atomic mass is 32.1. The lowest BCUT2D eigenvalue weighted by Gasteiger charge is -2.35. The van der Waals surface area contributed by atoms with E-state index in [1.54, 1.807) is 11.3 Å². The van der Waals surface area contributed by atoms with Gasteiger partial charge in [0.25, 0.3) is 0 Å². The van der Waals surface area contributed by atoms with E-state index >= 15 is 0 Å². The SMILES string of the molecule is CC(C)c1csc(CNC(=O)N2CCCC[C@@H]2CCO)n1. The number of carbonyl (C=O) groups is 1. The largest absolute Gasteiger partial charge is 0.396 e. The second-order valence-corrected chi connectivity index (χ2v) is 6.78. The average Bonchev–Trinajstić information content (AvgIpc) is 2.95. The van der Waals surface area contributed by atoms with Gasteiger partial charge in [0.1, 0.15) is 5.01 Å². The first kappa shape index (κ1) is 16.2. The number of nitrogens with one attached hydrogen (secondary N) is 1. The van der Waals surface area contributed by atoms with Crippen molar-refractivity contribution in [1.29, 1.82) is 0 Å². The van der Waals surface area contributed by atoms with E-state index in [2.05, 4.69) is 29.5 Å². The molecule has 1 atom stereocenters. The smallest absolute Gasteiger partial charge is 0.317 e. The fourth-order valence-corrected chi connectivity index (χ4v) is 3.54. The third kappa shape index (κ3) is 4.41. The number of aliphatic hydroxyl groups excluding tert-OH is 1. The molecule has 0 aromatic carbocycles. The predicted octanol–water partition coefficient (Wildman–Crippen LogP) is 2.71. The lowest BCUT2D eigenvalue weighted by molar-refractivity contribution is 0.131. The number of likely N-dealkylation sites (tertiary alicyclic amines) is 1. The molecular weight excluding hydrogens is 286 g/mol. The molecule has 1 aliphatic rings. The summed E-state index contributed by atoms with van der Waals surface area (Å²) >= 11 is 1.59. The molecule has 1 aliphatic heterocycles. The van der Waals surface area contributed by atoms with Crippen molar-refractivity contribution in [1.82, 2.24) is 15.2 Å². The summed E-state index contributed by atoms with van der Waals surface area (Å²) in [6.45, 7) is 5.64. The summed E-state index contributed by atoms with van der Waals surface area (Å²) in [5, 5.41) is 15.1. The van der Waals surface area contributed by atoms with E-state index in [-0.39, 0.29) is 18.7 Å². The maximum absolute atomic E-state index is 12.3. The Morgan fingerprint density at radius 3 is 3.05 bits per heavy atom. The minimum absolute atomic E-state index is 0.0329. The molecule has 0 aliphatic carbocycles. The zero-order valence-corrected chi connectivity index (χ0v) is 13.7. The number of carbonyl (C=O) groups excluding carboxylic acids is 1. The van der Waals surface area contributed by atoms with Crippen molar-refractivity contribution in [2.45, 2.75) is 58.0 Å². The molecule has 0 unspecified atom stereocenters. The summed E-state index contributed by atoms with van der Waals surface area (Å²) in [7, 11) is 0. The lowest BCUT2D eigenvalue weighted by atomic mass is 10.0. The Balaban J connectivity index is 1.87. The van der Waals surface area contributed by atoms with Crippen LogP contribution in [0.15, 0.2) is 5.38 Å². The molecule has 0 saturated carbocycles. The van der Waals surface area contributed by atoms with Crippen LogP contribution in [-0.2, 0) is 6.54 Å². The Morgan fingerprint density at radius 1 is 1.57 bits per heavy atom. The average molecular weight is 311 g/mol. The van der Waals surface area contributed by atoms with Gasteiger partial charge in [-0.1, -0.05) is 13.8 Å². The second kappa shape index (κ2) is 7.75. The summed E-state index contributed by atoms with van der Waals surface area (Å²) in [4.78, 5) is 18.7. The Hall–Kier alpha value is -1.14. The van der Waals surface area contributed by atoms with Crippen LogP contribution in [0.4, 0.5) is 4.79 Å². The molecule has 1 aromatic rings. The normalized spacial score (nSPS) is 19.0. The molecule has 2 heterocycles. The van der Waals surface area contributed by atoms with Crippen molar-refractivity contribution in [2.24, 2.45) is 0 Å². The van der Waals surface area contributed by atoms with Gasteiger partial charge in [0.15, 0.2) is 0 Å². The number of hydrogen-bond donors (Lipinski definition) is 2. The summed E-state index contributed by atoms with van der Waals surface area (Å²) in [5.41, 5.74) is 1.08. The van der Waals surface area contributed by atoms with Gasteiger partial charge in [0.2, 0.25) is 0 Å². The molecule has 0 spiro atoms. The van der Waals surface area contributed by atoms with Crippen molar-refractivity contribution in [2.75, 3.05) is 13.2 Å². The number of hydrogen-bond acceptors (Lipinski definition) is 4. The van der Waals surface area contributed by atoms with Gasteiger partial charge in [-0.2, -0.15) is 0 Å². The fourth-order valence-electron chi connectivity index (χ4n) is 2.64. The van der Waals surface area contributed by atoms with Crippen LogP contribution in [0, 0.1) is 0 Å². The Bertz CT molecular complexity index is 460. The molecule has 1 fully saturated rings. The van der Waals surface area contributed by atoms with Crippen molar-refractivity contribution >= 4 is 17.4 Å². The Labute approximate surface area is 130 Å². The number of thiazole rings is 1. The molecule has 6 heteroatoms. The molecule has 1 saturated heterocycles. The summed E-state index contributed by atoms with van der Waals surface area (Å²) < 4.78 is 0. The van der Waals surface area contributed by atoms with Gasteiger partial charge in [-0.15, -0.1) is 11.3 Å². The Morgan fingerprint density at radius 2 is 2.38 bits per heavy atom. The molecule has 1 aromatic heterocycles. The van der Waals surface area contributed by atoms with E-state index in [9.17, 15) is 4.79 Å². The second-order valence-electron chi connectivity index (χ2n) is 5.83. The van der Waals surface area contributed by atoms with Gasteiger partial charge in [-0.3, -0.25) is 0 Å². The molecule has 21 heavy (non-hydrogen) atoms. The van der Waals surface area contributed by atoms with Crippen LogP contribution >= 0.6 is 11.3 Å². The van der Waals surface area contributed by atoms with Crippen LogP contribution < -0.4 is 5.32 Å². The van der Waals surface area contributed by atoms with E-state index in [4.69, 9.17) is 5.11 Å². The highest BCUT2D eigenvalue weighted by Crippen LogP contribution is 2.20. The van der Waals surface area contributed by atoms with Crippen LogP contribution in [-0.4, -0.2) is 40.2 Å². The number of rotatable bonds is 5. The van der Waals surface area contributed by atoms with Crippen molar-refractivity contribution in [3.8, 4) is 0 Å². The molecule has 2 rings (SSSR count). The predicted molar refractivity (Wildman–Crippen MR) is 84.5 cm³/mol. The van der Waals surface area contributed by atoms with E-state index in [1.807, 2.05) is 4.90 Å². The van der Waals surface area contributed by atoms with E-state index in [0.717, 1.165) is 36.5 Å². The van der Waals surface area contributed by atoms with Gasteiger partial charge in [0, 0.05) is 24.6 Å². The molecule has 5 nitrogen and oxygen atoms in total. The minimum Gasteiger partial charge on any atom is -0.396 e. The number of piperidine rings is 1. The van der Waals surface area contributed by atoms with Gasteiger partial charge in [-0.25, -0.2) is 9.78 Å². The zero-order chi connectivity index (χ0) is 15.2. The molecule has 0 radical (unpaired) electrons. The third-order valence-electron chi connectivity index (χ3n) is 3.90. The van der Waals surface area contributed by atoms with E-state index in [1.165, 1.54) is 0 Å². The fraction of sp³-hybridized carbons (Fsp3) is 0.733. The maximum atomic E-state index is 12.3. The molecular formula is C15H25N3O2S. The molecule has 2 N–H and O–H groups in total. The first-order valence-electron chi connectivity index (χ1n) is 7.71. The van der Waals surface area contributed by atoms with Crippen molar-refractivity contribution < 1.29 is 9.90 Å². The maximum Gasteiger partial charge on any atom is 0.317 e.